The number of hydrogen-bond acceptors (Lipinski definition) is 3. The Morgan fingerprint density at radius 3 is 2.33 bits per heavy atom. The SMILES string of the molecule is CC.CC(=O)C(NC(=O)OF)c1ccccc1Cl. The van der Waals surface area contributed by atoms with Gasteiger partial charge in [-0.2, -0.15) is 0 Å². The Morgan fingerprint density at radius 1 is 1.33 bits per heavy atom. The van der Waals surface area contributed by atoms with E-state index in [1.807, 2.05) is 13.8 Å². The zero-order chi connectivity index (χ0) is 14.1. The van der Waals surface area contributed by atoms with Crippen molar-refractivity contribution in [2.45, 2.75) is 26.8 Å². The highest BCUT2D eigenvalue weighted by molar-refractivity contribution is 6.31. The highest BCUT2D eigenvalue weighted by Gasteiger charge is 2.22. The molecule has 0 saturated heterocycles. The van der Waals surface area contributed by atoms with E-state index in [2.05, 4.69) is 10.3 Å². The molecule has 100 valence electrons. The number of ketones is 1. The largest absolute Gasteiger partial charge is 0.445 e. The number of benzene rings is 1. The minimum Gasteiger partial charge on any atom is -0.305 e. The highest BCUT2D eigenvalue weighted by atomic mass is 35.5. The molecular weight excluding hydrogens is 261 g/mol. The summed E-state index contributed by atoms with van der Waals surface area (Å²) in [6, 6.07) is 5.44. The van der Waals surface area contributed by atoms with E-state index in [-0.39, 0.29) is 5.78 Å². The fourth-order valence-electron chi connectivity index (χ4n) is 1.25. The van der Waals surface area contributed by atoms with Crippen LogP contribution in [-0.4, -0.2) is 11.9 Å². The summed E-state index contributed by atoms with van der Waals surface area (Å²) in [5.41, 5.74) is 0.391. The van der Waals surface area contributed by atoms with Crippen LogP contribution < -0.4 is 5.32 Å². The van der Waals surface area contributed by atoms with Crippen LogP contribution in [0.25, 0.3) is 0 Å². The van der Waals surface area contributed by atoms with Gasteiger partial charge in [-0.15, -0.1) is 0 Å². The minimum atomic E-state index is -1.33. The maximum Gasteiger partial charge on any atom is 0.445 e. The molecule has 1 rings (SSSR count). The van der Waals surface area contributed by atoms with Crippen LogP contribution >= 0.6 is 11.6 Å². The summed E-state index contributed by atoms with van der Waals surface area (Å²) < 4.78 is 11.6. The number of amides is 1. The van der Waals surface area contributed by atoms with Gasteiger partial charge in [0.15, 0.2) is 5.78 Å². The molecule has 1 N–H and O–H groups in total. The van der Waals surface area contributed by atoms with E-state index < -0.39 is 12.1 Å². The minimum absolute atomic E-state index is 0.307. The van der Waals surface area contributed by atoms with Crippen molar-refractivity contribution < 1.29 is 19.1 Å². The smallest absolute Gasteiger partial charge is 0.305 e. The predicted octanol–water partition coefficient (Wildman–Crippen LogP) is 3.61. The van der Waals surface area contributed by atoms with Crippen molar-refractivity contribution in [1.82, 2.24) is 5.32 Å². The normalized spacial score (nSPS) is 10.7. The number of rotatable bonds is 3. The molecule has 0 spiro atoms. The number of carbonyl (C=O) groups is 2. The molecule has 18 heavy (non-hydrogen) atoms. The molecule has 1 aromatic rings. The average molecular weight is 276 g/mol. The first-order valence-corrected chi connectivity index (χ1v) is 5.78. The van der Waals surface area contributed by atoms with Crippen LogP contribution in [0.15, 0.2) is 24.3 Å². The van der Waals surface area contributed by atoms with E-state index in [4.69, 9.17) is 11.6 Å². The van der Waals surface area contributed by atoms with Crippen LogP contribution in [0.2, 0.25) is 5.02 Å². The summed E-state index contributed by atoms with van der Waals surface area (Å²) in [4.78, 5) is 25.0. The molecule has 1 amide bonds. The van der Waals surface area contributed by atoms with Gasteiger partial charge in [-0.05, 0) is 13.0 Å². The van der Waals surface area contributed by atoms with Gasteiger partial charge in [0, 0.05) is 15.1 Å². The molecule has 0 heterocycles. The molecule has 1 aromatic carbocycles. The van der Waals surface area contributed by atoms with Crippen molar-refractivity contribution in [2.24, 2.45) is 0 Å². The second kappa shape index (κ2) is 8.47. The lowest BCUT2D eigenvalue weighted by atomic mass is 10.0. The van der Waals surface area contributed by atoms with Crippen molar-refractivity contribution in [3.05, 3.63) is 34.9 Å². The summed E-state index contributed by atoms with van der Waals surface area (Å²) in [7, 11) is 0. The third-order valence-electron chi connectivity index (χ3n) is 1.96. The van der Waals surface area contributed by atoms with Crippen LogP contribution in [0.5, 0.6) is 0 Å². The maximum atomic E-state index is 11.6. The predicted molar refractivity (Wildman–Crippen MR) is 66.9 cm³/mol. The van der Waals surface area contributed by atoms with Crippen molar-refractivity contribution in [2.75, 3.05) is 0 Å². The van der Waals surface area contributed by atoms with E-state index in [0.29, 0.717) is 10.6 Å². The van der Waals surface area contributed by atoms with Gasteiger partial charge in [0.2, 0.25) is 0 Å². The Bertz CT molecular complexity index is 412. The van der Waals surface area contributed by atoms with Gasteiger partial charge in [-0.3, -0.25) is 4.79 Å². The Kier molecular flexibility index (Phi) is 7.71. The first-order chi connectivity index (χ1) is 8.56. The van der Waals surface area contributed by atoms with Gasteiger partial charge in [-0.1, -0.05) is 43.6 Å². The average Bonchev–Trinajstić information content (AvgIpc) is 2.38. The molecule has 1 unspecified atom stereocenters. The van der Waals surface area contributed by atoms with Gasteiger partial charge in [0.1, 0.15) is 6.04 Å². The molecule has 4 nitrogen and oxygen atoms in total. The molecular formula is C12H15ClFNO3. The Hall–Kier alpha value is -1.62. The second-order valence-electron chi connectivity index (χ2n) is 3.07. The zero-order valence-electron chi connectivity index (χ0n) is 10.4. The van der Waals surface area contributed by atoms with E-state index >= 15 is 0 Å². The van der Waals surface area contributed by atoms with Gasteiger partial charge >= 0.3 is 6.09 Å². The second-order valence-corrected chi connectivity index (χ2v) is 3.48. The van der Waals surface area contributed by atoms with Crippen LogP contribution in [0.3, 0.4) is 0 Å². The third kappa shape index (κ3) is 4.71. The van der Waals surface area contributed by atoms with Crippen molar-refractivity contribution in [3.8, 4) is 0 Å². The number of hydrogen-bond donors (Lipinski definition) is 1. The van der Waals surface area contributed by atoms with Crippen molar-refractivity contribution in [3.63, 3.8) is 0 Å². The molecule has 0 radical (unpaired) electrons. The lowest BCUT2D eigenvalue weighted by molar-refractivity contribution is -0.119. The van der Waals surface area contributed by atoms with Gasteiger partial charge in [0.25, 0.3) is 0 Å². The quantitative estimate of drug-likeness (QED) is 0.917. The summed E-state index contributed by atoms with van der Waals surface area (Å²) in [6.07, 6.45) is -1.33. The lowest BCUT2D eigenvalue weighted by Gasteiger charge is -2.15. The standard InChI is InChI=1S/C10H9ClFNO3.C2H6/c1-6(14)9(13-10(15)16-12)7-4-2-3-5-8(7)11;1-2/h2-5,9H,1H3,(H,13,15);1-2H3. The first kappa shape index (κ1) is 16.4. The number of Topliss-reactive ketones (excluding diaryl/α,β-unsaturated/α-hetero) is 1. The maximum absolute atomic E-state index is 11.6. The highest BCUT2D eigenvalue weighted by Crippen LogP contribution is 2.23. The molecule has 0 fully saturated rings. The Morgan fingerprint density at radius 2 is 1.89 bits per heavy atom. The van der Waals surface area contributed by atoms with Gasteiger partial charge in [0.05, 0.1) is 0 Å². The molecule has 0 aliphatic heterocycles. The summed E-state index contributed by atoms with van der Waals surface area (Å²) >= 11 is 5.85. The van der Waals surface area contributed by atoms with Crippen molar-refractivity contribution in [1.29, 1.82) is 0 Å². The fraction of sp³-hybridized carbons (Fsp3) is 0.333. The topological polar surface area (TPSA) is 55.4 Å². The Balaban J connectivity index is 0.00000137. The summed E-state index contributed by atoms with van der Waals surface area (Å²) in [5.74, 6) is -0.376. The van der Waals surface area contributed by atoms with Gasteiger partial charge in [-0.25, -0.2) is 9.74 Å². The molecule has 1 atom stereocenters. The number of halogens is 2. The van der Waals surface area contributed by atoms with Gasteiger partial charge < -0.3 is 5.32 Å². The molecule has 0 aliphatic rings. The molecule has 0 bridgehead atoms. The summed E-state index contributed by atoms with van der Waals surface area (Å²) in [6.45, 7) is 5.26. The number of nitrogens with one attached hydrogen (secondary N) is 1. The van der Waals surface area contributed by atoms with Crippen LogP contribution in [-0.2, 0) is 9.74 Å². The molecule has 0 saturated carbocycles. The third-order valence-corrected chi connectivity index (χ3v) is 2.30. The number of carbonyl (C=O) groups excluding carboxylic acids is 2. The fourth-order valence-corrected chi connectivity index (χ4v) is 1.49. The van der Waals surface area contributed by atoms with Crippen LogP contribution in [0, 0.1) is 0 Å². The Labute approximate surface area is 110 Å². The van der Waals surface area contributed by atoms with E-state index in [9.17, 15) is 14.1 Å². The van der Waals surface area contributed by atoms with Crippen LogP contribution in [0.4, 0.5) is 9.32 Å². The zero-order valence-corrected chi connectivity index (χ0v) is 11.1. The molecule has 0 aliphatic carbocycles. The van der Waals surface area contributed by atoms with E-state index in [1.54, 1.807) is 24.3 Å². The van der Waals surface area contributed by atoms with Crippen molar-refractivity contribution >= 4 is 23.5 Å². The van der Waals surface area contributed by atoms with Crippen LogP contribution in [0.1, 0.15) is 32.4 Å². The van der Waals surface area contributed by atoms with E-state index in [0.717, 1.165) is 0 Å². The monoisotopic (exact) mass is 275 g/mol. The summed E-state index contributed by atoms with van der Waals surface area (Å²) in [5, 5.41) is 2.36. The van der Waals surface area contributed by atoms with E-state index in [1.165, 1.54) is 6.92 Å². The lowest BCUT2D eigenvalue weighted by Crippen LogP contribution is -2.32. The molecule has 0 aromatic heterocycles. The molecule has 6 heteroatoms. The first-order valence-electron chi connectivity index (χ1n) is 5.40.